The fourth-order valence-electron chi connectivity index (χ4n) is 3.08. The lowest BCUT2D eigenvalue weighted by molar-refractivity contribution is 0.351. The Morgan fingerprint density at radius 3 is 1.88 bits per heavy atom. The summed E-state index contributed by atoms with van der Waals surface area (Å²) in [5, 5.41) is 0. The van der Waals surface area contributed by atoms with Gasteiger partial charge >= 0.3 is 7.60 Å². The molecule has 0 heterocycles. The second-order valence-corrected chi connectivity index (χ2v) is 8.96. The Bertz CT molecular complexity index is 478. The van der Waals surface area contributed by atoms with E-state index >= 15 is 0 Å². The topological polar surface area (TPSA) is 57.5 Å². The molecule has 1 unspecified atom stereocenters. The molecule has 0 bridgehead atoms. The molecule has 0 aliphatic heterocycles. The lowest BCUT2D eigenvalue weighted by Crippen LogP contribution is -2.12. The van der Waals surface area contributed by atoms with Crippen LogP contribution in [0.15, 0.2) is 24.3 Å². The molecule has 1 aromatic rings. The molecule has 1 aromatic carbocycles. The van der Waals surface area contributed by atoms with Crippen LogP contribution in [0.4, 0.5) is 0 Å². The molecule has 1 atom stereocenters. The second-order valence-electron chi connectivity index (χ2n) is 7.05. The molecule has 0 aliphatic rings. The lowest BCUT2D eigenvalue weighted by Gasteiger charge is -2.18. The van der Waals surface area contributed by atoms with E-state index in [0.717, 1.165) is 18.4 Å². The molecule has 138 valence electrons. The third-order valence-corrected chi connectivity index (χ3v) is 6.10. The van der Waals surface area contributed by atoms with E-state index in [4.69, 9.17) is 0 Å². The number of unbranched alkanes of at least 4 members (excludes halogenated alkanes) is 8. The van der Waals surface area contributed by atoms with Gasteiger partial charge in [0.15, 0.2) is 0 Å². The number of hydrogen-bond acceptors (Lipinski definition) is 1. The highest BCUT2D eigenvalue weighted by Gasteiger charge is 2.28. The SMILES string of the molecule is CCCCCCCCCCCC(Cc1ccc(C)cc1)P(=O)(O)O. The van der Waals surface area contributed by atoms with Crippen LogP contribution in [0.2, 0.25) is 0 Å². The van der Waals surface area contributed by atoms with Crippen molar-refractivity contribution in [2.24, 2.45) is 0 Å². The van der Waals surface area contributed by atoms with E-state index in [1.807, 2.05) is 31.2 Å². The van der Waals surface area contributed by atoms with Crippen LogP contribution in [0.1, 0.15) is 82.3 Å². The minimum Gasteiger partial charge on any atom is -0.324 e. The fourth-order valence-corrected chi connectivity index (χ4v) is 4.04. The van der Waals surface area contributed by atoms with Gasteiger partial charge in [0.1, 0.15) is 0 Å². The molecule has 3 nitrogen and oxygen atoms in total. The second kappa shape index (κ2) is 11.8. The maximum absolute atomic E-state index is 11.8. The molecule has 0 amide bonds. The normalized spacial score (nSPS) is 13.2. The van der Waals surface area contributed by atoms with Crippen LogP contribution in [0.3, 0.4) is 0 Å². The van der Waals surface area contributed by atoms with Gasteiger partial charge in [0.05, 0.1) is 5.66 Å². The first-order valence-electron chi connectivity index (χ1n) is 9.54. The molecule has 0 aromatic heterocycles. The van der Waals surface area contributed by atoms with Crippen LogP contribution >= 0.6 is 7.60 Å². The first-order valence-corrected chi connectivity index (χ1v) is 11.2. The maximum Gasteiger partial charge on any atom is 0.328 e. The van der Waals surface area contributed by atoms with Crippen LogP contribution < -0.4 is 0 Å². The van der Waals surface area contributed by atoms with Gasteiger partial charge in [0.2, 0.25) is 0 Å². The minimum atomic E-state index is -4.03. The summed E-state index contributed by atoms with van der Waals surface area (Å²) in [6.45, 7) is 4.25. The highest BCUT2D eigenvalue weighted by Crippen LogP contribution is 2.45. The van der Waals surface area contributed by atoms with E-state index in [1.54, 1.807) is 0 Å². The fraction of sp³-hybridized carbons (Fsp3) is 0.700. The van der Waals surface area contributed by atoms with Gasteiger partial charge in [-0.15, -0.1) is 0 Å². The van der Waals surface area contributed by atoms with E-state index < -0.39 is 13.3 Å². The Hall–Kier alpha value is -0.630. The Kier molecular flexibility index (Phi) is 10.6. The average molecular weight is 354 g/mol. The van der Waals surface area contributed by atoms with Crippen molar-refractivity contribution in [3.63, 3.8) is 0 Å². The molecule has 1 rings (SSSR count). The molecule has 24 heavy (non-hydrogen) atoms. The zero-order valence-corrected chi connectivity index (χ0v) is 16.3. The maximum atomic E-state index is 11.8. The van der Waals surface area contributed by atoms with Gasteiger partial charge in [-0.2, -0.15) is 0 Å². The van der Waals surface area contributed by atoms with Gasteiger partial charge in [-0.3, -0.25) is 4.57 Å². The van der Waals surface area contributed by atoms with Crippen LogP contribution in [-0.2, 0) is 11.0 Å². The van der Waals surface area contributed by atoms with E-state index in [9.17, 15) is 14.4 Å². The molecule has 0 fully saturated rings. The van der Waals surface area contributed by atoms with Crippen LogP contribution in [0.5, 0.6) is 0 Å². The third kappa shape index (κ3) is 9.61. The Labute approximate surface area is 148 Å². The van der Waals surface area contributed by atoms with Crippen molar-refractivity contribution >= 4 is 7.60 Å². The summed E-state index contributed by atoms with van der Waals surface area (Å²) in [6.07, 6.45) is 12.1. The predicted molar refractivity (Wildman–Crippen MR) is 103 cm³/mol. The van der Waals surface area contributed by atoms with Crippen LogP contribution in [0.25, 0.3) is 0 Å². The Morgan fingerprint density at radius 1 is 0.875 bits per heavy atom. The summed E-state index contributed by atoms with van der Waals surface area (Å²) >= 11 is 0. The van der Waals surface area contributed by atoms with E-state index in [1.165, 1.54) is 50.5 Å². The summed E-state index contributed by atoms with van der Waals surface area (Å²) in [4.78, 5) is 19.3. The number of aryl methyl sites for hydroxylation is 1. The smallest absolute Gasteiger partial charge is 0.324 e. The summed E-state index contributed by atoms with van der Waals surface area (Å²) < 4.78 is 11.8. The zero-order valence-electron chi connectivity index (χ0n) is 15.4. The highest BCUT2D eigenvalue weighted by atomic mass is 31.2. The number of hydrogen-bond donors (Lipinski definition) is 2. The third-order valence-electron chi connectivity index (χ3n) is 4.71. The van der Waals surface area contributed by atoms with Crippen molar-refractivity contribution in [1.82, 2.24) is 0 Å². The van der Waals surface area contributed by atoms with Crippen LogP contribution in [0, 0.1) is 6.92 Å². The molecule has 0 spiro atoms. The molecule has 0 saturated heterocycles. The molecular formula is C20H35O3P. The van der Waals surface area contributed by atoms with Crippen molar-refractivity contribution in [1.29, 1.82) is 0 Å². The predicted octanol–water partition coefficient (Wildman–Crippen LogP) is 6.00. The lowest BCUT2D eigenvalue weighted by atomic mass is 10.0. The van der Waals surface area contributed by atoms with Crippen molar-refractivity contribution in [2.75, 3.05) is 0 Å². The average Bonchev–Trinajstić information content (AvgIpc) is 2.53. The van der Waals surface area contributed by atoms with Crippen molar-refractivity contribution < 1.29 is 14.4 Å². The van der Waals surface area contributed by atoms with Gasteiger partial charge in [0, 0.05) is 0 Å². The minimum absolute atomic E-state index is 0.474. The van der Waals surface area contributed by atoms with Crippen molar-refractivity contribution in [2.45, 2.75) is 90.1 Å². The standard InChI is InChI=1S/C20H35O3P/c1-3-4-5-6-7-8-9-10-11-12-20(24(21,22)23)17-19-15-13-18(2)14-16-19/h13-16,20H,3-12,17H2,1-2H3,(H2,21,22,23). The molecule has 0 radical (unpaired) electrons. The van der Waals surface area contributed by atoms with Gasteiger partial charge in [0.25, 0.3) is 0 Å². The number of rotatable bonds is 13. The molecule has 0 aliphatic carbocycles. The molecular weight excluding hydrogens is 319 g/mol. The van der Waals surface area contributed by atoms with Crippen molar-refractivity contribution in [3.05, 3.63) is 35.4 Å². The van der Waals surface area contributed by atoms with Crippen LogP contribution in [-0.4, -0.2) is 15.4 Å². The first-order chi connectivity index (χ1) is 11.4. The molecule has 2 N–H and O–H groups in total. The van der Waals surface area contributed by atoms with E-state index in [-0.39, 0.29) is 0 Å². The first kappa shape index (κ1) is 21.4. The van der Waals surface area contributed by atoms with E-state index in [2.05, 4.69) is 6.92 Å². The molecule has 4 heteroatoms. The summed E-state index contributed by atoms with van der Waals surface area (Å²) in [6, 6.07) is 7.97. The zero-order chi connectivity index (χ0) is 17.8. The molecule has 0 saturated carbocycles. The van der Waals surface area contributed by atoms with Crippen molar-refractivity contribution in [3.8, 4) is 0 Å². The Morgan fingerprint density at radius 2 is 1.38 bits per heavy atom. The van der Waals surface area contributed by atoms with E-state index in [0.29, 0.717) is 12.8 Å². The Balaban J connectivity index is 2.27. The quantitative estimate of drug-likeness (QED) is 0.337. The largest absolute Gasteiger partial charge is 0.328 e. The number of benzene rings is 1. The highest BCUT2D eigenvalue weighted by molar-refractivity contribution is 7.52. The van der Waals surface area contributed by atoms with Gasteiger partial charge in [-0.25, -0.2) is 0 Å². The summed E-state index contributed by atoms with van der Waals surface area (Å²) in [7, 11) is -4.03. The van der Waals surface area contributed by atoms with Gasteiger partial charge in [-0.05, 0) is 25.3 Å². The van der Waals surface area contributed by atoms with Gasteiger partial charge < -0.3 is 9.79 Å². The monoisotopic (exact) mass is 354 g/mol. The van der Waals surface area contributed by atoms with Gasteiger partial charge in [-0.1, -0.05) is 94.5 Å². The summed E-state index contributed by atoms with van der Waals surface area (Å²) in [5.41, 5.74) is 1.65. The summed E-state index contributed by atoms with van der Waals surface area (Å²) in [5.74, 6) is 0.